The third kappa shape index (κ3) is 5.77. The molecule has 1 saturated heterocycles. The Balaban J connectivity index is 1.69. The number of allylic oxidation sites excluding steroid dienone is 2. The minimum atomic E-state index is -0.00186. The average Bonchev–Trinajstić information content (AvgIpc) is 2.46. The van der Waals surface area contributed by atoms with Crippen molar-refractivity contribution < 1.29 is 9.69 Å². The molecular formula is C17H31N4OS+. The number of rotatable bonds is 5. The van der Waals surface area contributed by atoms with E-state index in [1.54, 1.807) is 4.90 Å². The molecule has 0 unspecified atom stereocenters. The van der Waals surface area contributed by atoms with E-state index in [-0.39, 0.29) is 5.41 Å². The normalized spacial score (nSPS) is 21.8. The maximum atomic E-state index is 11.8. The van der Waals surface area contributed by atoms with Gasteiger partial charge in [-0.15, -0.1) is 0 Å². The molecule has 1 aliphatic heterocycles. The number of hydrogen-bond donors (Lipinski definition) is 3. The Bertz CT molecular complexity index is 467. The predicted octanol–water partition coefficient (Wildman–Crippen LogP) is -0.0561. The number of hydrogen-bond acceptors (Lipinski definition) is 3. The highest BCUT2D eigenvalue weighted by Crippen LogP contribution is 2.29. The molecule has 130 valence electrons. The highest BCUT2D eigenvalue weighted by molar-refractivity contribution is 7.80. The maximum absolute atomic E-state index is 11.8. The Labute approximate surface area is 145 Å². The van der Waals surface area contributed by atoms with Crippen LogP contribution in [0.5, 0.6) is 0 Å². The summed E-state index contributed by atoms with van der Waals surface area (Å²) < 4.78 is 0. The second-order valence-corrected chi connectivity index (χ2v) is 7.69. The maximum Gasteiger partial charge on any atom is 0.169 e. The van der Waals surface area contributed by atoms with Crippen molar-refractivity contribution in [3.8, 4) is 0 Å². The number of carbonyl (C=O) groups is 1. The Morgan fingerprint density at radius 2 is 2.09 bits per heavy atom. The molecule has 0 bridgehead atoms. The fourth-order valence-electron chi connectivity index (χ4n) is 3.41. The van der Waals surface area contributed by atoms with Gasteiger partial charge in [-0.1, -0.05) is 19.9 Å². The number of ketones is 1. The van der Waals surface area contributed by atoms with Crippen LogP contribution in [-0.2, 0) is 4.79 Å². The molecule has 5 nitrogen and oxygen atoms in total. The molecule has 1 heterocycles. The molecule has 1 fully saturated rings. The number of Topliss-reactive ketones (excluding diaryl/α,β-unsaturated/α-hetero) is 1. The topological polar surface area (TPSA) is 48.8 Å². The number of carbonyl (C=O) groups excluding carboxylic acids is 1. The van der Waals surface area contributed by atoms with Gasteiger partial charge in [-0.25, -0.2) is 0 Å². The van der Waals surface area contributed by atoms with Crippen molar-refractivity contribution in [1.29, 1.82) is 0 Å². The van der Waals surface area contributed by atoms with Gasteiger partial charge in [0.2, 0.25) is 0 Å². The van der Waals surface area contributed by atoms with Crippen molar-refractivity contribution in [2.45, 2.75) is 33.6 Å². The number of quaternary nitrogens is 1. The van der Waals surface area contributed by atoms with E-state index in [1.165, 1.54) is 0 Å². The lowest BCUT2D eigenvalue weighted by atomic mass is 9.81. The minimum absolute atomic E-state index is 0.00186. The van der Waals surface area contributed by atoms with Crippen LogP contribution in [-0.4, -0.2) is 61.6 Å². The lowest BCUT2D eigenvalue weighted by Gasteiger charge is -2.34. The van der Waals surface area contributed by atoms with Crippen LogP contribution in [0.3, 0.4) is 0 Å². The SMILES string of the molecule is CCNC(=S)N1CC[NH+](CCNC2=CC(C)(C)CC(=O)C2)CC1. The standard InChI is InChI=1S/C17H30N4OS/c1-4-18-16(23)21-9-7-20(8-10-21)6-5-19-14-11-15(22)13-17(2,3)12-14/h12,19H,4-11,13H2,1-3H3,(H,18,23)/p+1. The second-order valence-electron chi connectivity index (χ2n) is 7.30. The molecule has 23 heavy (non-hydrogen) atoms. The van der Waals surface area contributed by atoms with Crippen LogP contribution in [0.1, 0.15) is 33.6 Å². The molecule has 0 radical (unpaired) electrons. The molecular weight excluding hydrogens is 308 g/mol. The van der Waals surface area contributed by atoms with E-state index in [2.05, 4.69) is 42.4 Å². The van der Waals surface area contributed by atoms with Crippen LogP contribution in [0.4, 0.5) is 0 Å². The Hall–Kier alpha value is -1.14. The first-order valence-corrected chi connectivity index (χ1v) is 9.14. The van der Waals surface area contributed by atoms with Crippen LogP contribution in [0.2, 0.25) is 0 Å². The fourth-order valence-corrected chi connectivity index (χ4v) is 3.74. The highest BCUT2D eigenvalue weighted by Gasteiger charge is 2.26. The molecule has 0 aromatic heterocycles. The molecule has 0 saturated carbocycles. The molecule has 2 aliphatic rings. The van der Waals surface area contributed by atoms with Crippen LogP contribution >= 0.6 is 12.2 Å². The molecule has 3 N–H and O–H groups in total. The number of nitrogens with one attached hydrogen (secondary N) is 3. The molecule has 6 heteroatoms. The summed E-state index contributed by atoms with van der Waals surface area (Å²) in [6.45, 7) is 13.5. The first kappa shape index (κ1) is 18.2. The monoisotopic (exact) mass is 339 g/mol. The van der Waals surface area contributed by atoms with Gasteiger partial charge in [0.15, 0.2) is 5.11 Å². The van der Waals surface area contributed by atoms with Crippen molar-refractivity contribution in [2.24, 2.45) is 5.41 Å². The van der Waals surface area contributed by atoms with Gasteiger partial charge in [-0.3, -0.25) is 4.79 Å². The third-order valence-electron chi connectivity index (χ3n) is 4.52. The van der Waals surface area contributed by atoms with E-state index in [0.29, 0.717) is 18.6 Å². The number of nitrogens with zero attached hydrogens (tertiary/aromatic N) is 1. The van der Waals surface area contributed by atoms with Gasteiger partial charge in [0, 0.05) is 25.1 Å². The zero-order valence-corrected chi connectivity index (χ0v) is 15.5. The minimum Gasteiger partial charge on any atom is -0.383 e. The quantitative estimate of drug-likeness (QED) is 0.613. The van der Waals surface area contributed by atoms with Gasteiger partial charge in [0.1, 0.15) is 5.78 Å². The highest BCUT2D eigenvalue weighted by atomic mass is 32.1. The summed E-state index contributed by atoms with van der Waals surface area (Å²) in [7, 11) is 0. The Morgan fingerprint density at radius 1 is 1.39 bits per heavy atom. The van der Waals surface area contributed by atoms with E-state index >= 15 is 0 Å². The Morgan fingerprint density at radius 3 is 2.70 bits per heavy atom. The zero-order chi connectivity index (χ0) is 16.9. The number of piperazine rings is 1. The lowest BCUT2D eigenvalue weighted by Crippen LogP contribution is -3.15. The molecule has 2 rings (SSSR count). The lowest BCUT2D eigenvalue weighted by molar-refractivity contribution is -0.902. The molecule has 0 amide bonds. The molecule has 0 spiro atoms. The van der Waals surface area contributed by atoms with E-state index < -0.39 is 0 Å². The fraction of sp³-hybridized carbons (Fsp3) is 0.765. The molecule has 1 aliphatic carbocycles. The van der Waals surface area contributed by atoms with Crippen molar-refractivity contribution in [3.05, 3.63) is 11.8 Å². The zero-order valence-electron chi connectivity index (χ0n) is 14.7. The molecule has 0 atom stereocenters. The summed E-state index contributed by atoms with van der Waals surface area (Å²) in [4.78, 5) is 15.7. The Kier molecular flexibility index (Phi) is 6.41. The average molecular weight is 340 g/mol. The van der Waals surface area contributed by atoms with Gasteiger partial charge in [0.25, 0.3) is 0 Å². The van der Waals surface area contributed by atoms with Crippen molar-refractivity contribution in [2.75, 3.05) is 45.8 Å². The summed E-state index contributed by atoms with van der Waals surface area (Å²) in [5.74, 6) is 0.345. The summed E-state index contributed by atoms with van der Waals surface area (Å²) in [6.07, 6.45) is 3.47. The van der Waals surface area contributed by atoms with Crippen LogP contribution in [0.25, 0.3) is 0 Å². The summed E-state index contributed by atoms with van der Waals surface area (Å²) in [5.41, 5.74) is 1.11. The van der Waals surface area contributed by atoms with Gasteiger partial charge < -0.3 is 20.4 Å². The second kappa shape index (κ2) is 8.11. The van der Waals surface area contributed by atoms with Gasteiger partial charge >= 0.3 is 0 Å². The van der Waals surface area contributed by atoms with Crippen LogP contribution < -0.4 is 15.5 Å². The van der Waals surface area contributed by atoms with Gasteiger partial charge in [0.05, 0.1) is 39.3 Å². The van der Waals surface area contributed by atoms with Crippen LogP contribution in [0.15, 0.2) is 11.8 Å². The smallest absolute Gasteiger partial charge is 0.169 e. The summed E-state index contributed by atoms with van der Waals surface area (Å²) >= 11 is 5.37. The summed E-state index contributed by atoms with van der Waals surface area (Å²) in [5, 5.41) is 7.59. The largest absolute Gasteiger partial charge is 0.383 e. The molecule has 0 aromatic rings. The predicted molar refractivity (Wildman–Crippen MR) is 97.5 cm³/mol. The van der Waals surface area contributed by atoms with Crippen molar-refractivity contribution >= 4 is 23.1 Å². The summed E-state index contributed by atoms with van der Waals surface area (Å²) in [6, 6.07) is 0. The van der Waals surface area contributed by atoms with Gasteiger partial charge in [-0.05, 0) is 24.6 Å². The van der Waals surface area contributed by atoms with Gasteiger partial charge in [-0.2, -0.15) is 0 Å². The molecule has 0 aromatic carbocycles. The van der Waals surface area contributed by atoms with E-state index in [1.807, 2.05) is 0 Å². The van der Waals surface area contributed by atoms with Crippen molar-refractivity contribution in [1.82, 2.24) is 15.5 Å². The third-order valence-corrected chi connectivity index (χ3v) is 4.92. The van der Waals surface area contributed by atoms with Crippen LogP contribution in [0, 0.1) is 5.41 Å². The van der Waals surface area contributed by atoms with E-state index in [0.717, 1.165) is 56.6 Å². The van der Waals surface area contributed by atoms with E-state index in [4.69, 9.17) is 12.2 Å². The first-order chi connectivity index (χ1) is 10.9. The van der Waals surface area contributed by atoms with Crippen molar-refractivity contribution in [3.63, 3.8) is 0 Å². The number of thiocarbonyl (C=S) groups is 1. The van der Waals surface area contributed by atoms with E-state index in [9.17, 15) is 4.79 Å². The first-order valence-electron chi connectivity index (χ1n) is 8.73.